The molecule has 1 aliphatic heterocycles. The zero-order valence-corrected chi connectivity index (χ0v) is 17.8. The maximum absolute atomic E-state index is 5.67. The Bertz CT molecular complexity index is 539. The van der Waals surface area contributed by atoms with Crippen LogP contribution >= 0.6 is 0 Å². The van der Waals surface area contributed by atoms with Gasteiger partial charge in [0, 0.05) is 19.6 Å². The number of methoxy groups -OCH3 is 1. The Kier molecular flexibility index (Phi) is 8.50. The number of hydrogen-bond acceptors (Lipinski definition) is 3. The molecule has 1 heterocycles. The van der Waals surface area contributed by atoms with Crippen LogP contribution in [0.5, 0.6) is 5.75 Å². The second-order valence-corrected chi connectivity index (χ2v) is 8.88. The topological polar surface area (TPSA) is 15.7 Å². The lowest BCUT2D eigenvalue weighted by molar-refractivity contribution is 0.184. The number of nitrogens with zero attached hydrogens (tertiary/aromatic N) is 2. The number of ether oxygens (including phenoxy) is 1. The molecule has 0 radical (unpaired) electrons. The first-order chi connectivity index (χ1) is 12.4. The molecule has 0 aromatic heterocycles. The highest BCUT2D eigenvalue weighted by atomic mass is 16.5. The van der Waals surface area contributed by atoms with Crippen molar-refractivity contribution in [1.29, 1.82) is 0 Å². The van der Waals surface area contributed by atoms with Crippen LogP contribution in [-0.2, 0) is 13.0 Å². The smallest absolute Gasteiger partial charge is 0.185 e. The summed E-state index contributed by atoms with van der Waals surface area (Å²) < 4.78 is 5.67. The molecule has 0 spiro atoms. The van der Waals surface area contributed by atoms with Crippen LogP contribution in [-0.4, -0.2) is 51.0 Å². The Hall–Kier alpha value is -0.995. The van der Waals surface area contributed by atoms with Crippen LogP contribution in [0.3, 0.4) is 0 Å². The van der Waals surface area contributed by atoms with Crippen molar-refractivity contribution in [2.24, 2.45) is 5.41 Å². The fraction of sp³-hybridized carbons (Fsp3) is 0.727. The molecule has 1 aliphatic rings. The summed E-state index contributed by atoms with van der Waals surface area (Å²) in [5, 5.41) is 0. The van der Waals surface area contributed by atoms with Crippen molar-refractivity contribution < 1.29 is 4.74 Å². The molecule has 1 fully saturated rings. The largest absolute Gasteiger partial charge is 0.496 e. The molecule has 146 valence electrons. The Labute approximate surface area is 162 Å². The number of benzene rings is 1. The Morgan fingerprint density at radius 1 is 1.08 bits per heavy atom. The van der Waals surface area contributed by atoms with Crippen molar-refractivity contribution in [2.45, 2.75) is 65.8 Å². The first-order valence-electron chi connectivity index (χ1n) is 10.5. The molecule has 0 bridgehead atoms. The fourth-order valence-electron chi connectivity index (χ4n) is 3.97. The average molecular weight is 358 g/mol. The van der Waals surface area contributed by atoms with Gasteiger partial charge in [0.25, 0.3) is 0 Å². The third kappa shape index (κ3) is 6.96. The van der Waals surface area contributed by atoms with E-state index in [9.17, 15) is 0 Å². The van der Waals surface area contributed by atoms with Gasteiger partial charge in [-0.3, -0.25) is 4.90 Å². The third-order valence-corrected chi connectivity index (χ3v) is 5.72. The van der Waals surface area contributed by atoms with Gasteiger partial charge in [-0.05, 0) is 48.5 Å². The first kappa shape index (κ1) is 21.3. The zero-order chi connectivity index (χ0) is 19.0. The monoisotopic (exact) mass is 358 g/mol. The average Bonchev–Trinajstić information content (AvgIpc) is 2.61. The van der Waals surface area contributed by atoms with Crippen molar-refractivity contribution in [2.75, 3.05) is 33.3 Å². The minimum absolute atomic E-state index is 0.327. The van der Waals surface area contributed by atoms with E-state index in [-0.39, 0.29) is 0 Å². The van der Waals surface area contributed by atoms with E-state index >= 15 is 0 Å². The molecule has 4 heteroatoms. The van der Waals surface area contributed by atoms with E-state index in [1.807, 2.05) is 0 Å². The normalized spacial score (nSPS) is 16.8. The van der Waals surface area contributed by atoms with Gasteiger partial charge in [0.1, 0.15) is 5.75 Å². The van der Waals surface area contributed by atoms with Gasteiger partial charge in [0.15, 0.2) is 7.98 Å². The van der Waals surface area contributed by atoms with Gasteiger partial charge in [-0.1, -0.05) is 58.6 Å². The second-order valence-electron chi connectivity index (χ2n) is 8.88. The van der Waals surface area contributed by atoms with E-state index in [2.05, 4.69) is 56.7 Å². The van der Waals surface area contributed by atoms with E-state index in [1.165, 1.54) is 69.4 Å². The number of unbranched alkanes of at least 4 members (excludes halogenated alkanes) is 3. The van der Waals surface area contributed by atoms with Crippen LogP contribution in [0, 0.1) is 5.41 Å². The predicted octanol–water partition coefficient (Wildman–Crippen LogP) is 3.90. The summed E-state index contributed by atoms with van der Waals surface area (Å²) in [5.41, 5.74) is 3.12. The summed E-state index contributed by atoms with van der Waals surface area (Å²) in [6, 6.07) is 6.81. The molecule has 1 aromatic carbocycles. The highest BCUT2D eigenvalue weighted by Crippen LogP contribution is 2.33. The van der Waals surface area contributed by atoms with Crippen molar-refractivity contribution in [1.82, 2.24) is 9.71 Å². The van der Waals surface area contributed by atoms with Crippen molar-refractivity contribution in [3.8, 4) is 5.75 Å². The molecule has 1 saturated heterocycles. The number of piperazine rings is 1. The predicted molar refractivity (Wildman–Crippen MR) is 115 cm³/mol. The fourth-order valence-corrected chi connectivity index (χ4v) is 3.97. The molecule has 0 saturated carbocycles. The van der Waals surface area contributed by atoms with E-state index in [0.717, 1.165) is 18.7 Å². The van der Waals surface area contributed by atoms with Gasteiger partial charge in [0.2, 0.25) is 0 Å². The summed E-state index contributed by atoms with van der Waals surface area (Å²) in [6.07, 6.45) is 7.75. The summed E-state index contributed by atoms with van der Waals surface area (Å²) in [4.78, 5) is 4.98. The first-order valence-corrected chi connectivity index (χ1v) is 10.5. The van der Waals surface area contributed by atoms with E-state index in [1.54, 1.807) is 7.11 Å². The summed E-state index contributed by atoms with van der Waals surface area (Å²) in [6.45, 7) is 12.8. The minimum Gasteiger partial charge on any atom is -0.496 e. The molecule has 0 aliphatic carbocycles. The van der Waals surface area contributed by atoms with Crippen LogP contribution < -0.4 is 4.74 Å². The standard InChI is InChI=1S/C22H39BN2O/c1-5-6-7-8-11-22(2,3)17-20-16-19(9-10-21(20)26-4)18-24-12-14-25(23)15-13-24/h9-10,16H,5-8,11-15,17-18,23H2,1-4H3. The van der Waals surface area contributed by atoms with Gasteiger partial charge < -0.3 is 9.55 Å². The van der Waals surface area contributed by atoms with E-state index < -0.39 is 0 Å². The molecule has 0 N–H and O–H groups in total. The Balaban J connectivity index is 1.99. The van der Waals surface area contributed by atoms with Gasteiger partial charge in [-0.25, -0.2) is 0 Å². The molecular weight excluding hydrogens is 319 g/mol. The number of rotatable bonds is 10. The lowest BCUT2D eigenvalue weighted by Gasteiger charge is -2.33. The molecule has 0 amide bonds. The van der Waals surface area contributed by atoms with Gasteiger partial charge in [-0.2, -0.15) is 0 Å². The third-order valence-electron chi connectivity index (χ3n) is 5.72. The van der Waals surface area contributed by atoms with Crippen LogP contribution in [0.2, 0.25) is 0 Å². The highest BCUT2D eigenvalue weighted by Gasteiger charge is 2.21. The maximum atomic E-state index is 5.67. The number of hydrogen-bond donors (Lipinski definition) is 0. The van der Waals surface area contributed by atoms with E-state index in [0.29, 0.717) is 5.41 Å². The van der Waals surface area contributed by atoms with Crippen LogP contribution in [0.4, 0.5) is 0 Å². The lowest BCUT2D eigenvalue weighted by Crippen LogP contribution is -2.44. The molecule has 0 atom stereocenters. The highest BCUT2D eigenvalue weighted by molar-refractivity contribution is 6.04. The summed E-state index contributed by atoms with van der Waals surface area (Å²) >= 11 is 0. The maximum Gasteiger partial charge on any atom is 0.185 e. The van der Waals surface area contributed by atoms with Crippen molar-refractivity contribution in [3.63, 3.8) is 0 Å². The van der Waals surface area contributed by atoms with E-state index in [4.69, 9.17) is 4.74 Å². The molecule has 26 heavy (non-hydrogen) atoms. The van der Waals surface area contributed by atoms with Gasteiger partial charge in [-0.15, -0.1) is 0 Å². The minimum atomic E-state index is 0.327. The van der Waals surface area contributed by atoms with Crippen LogP contribution in [0.15, 0.2) is 18.2 Å². The lowest BCUT2D eigenvalue weighted by atomic mass is 9.80. The Morgan fingerprint density at radius 3 is 2.46 bits per heavy atom. The molecule has 3 nitrogen and oxygen atoms in total. The van der Waals surface area contributed by atoms with Crippen LogP contribution in [0.25, 0.3) is 0 Å². The van der Waals surface area contributed by atoms with Crippen LogP contribution in [0.1, 0.15) is 64.0 Å². The van der Waals surface area contributed by atoms with Crippen molar-refractivity contribution in [3.05, 3.63) is 29.3 Å². The summed E-state index contributed by atoms with van der Waals surface area (Å²) in [7, 11) is 4.01. The quantitative estimate of drug-likeness (QED) is 0.466. The van der Waals surface area contributed by atoms with Gasteiger partial charge >= 0.3 is 0 Å². The van der Waals surface area contributed by atoms with Crippen molar-refractivity contribution >= 4 is 7.98 Å². The van der Waals surface area contributed by atoms with Gasteiger partial charge in [0.05, 0.1) is 7.11 Å². The summed E-state index contributed by atoms with van der Waals surface area (Å²) in [5.74, 6) is 1.05. The molecular formula is C22H39BN2O. The molecule has 2 rings (SSSR count). The Morgan fingerprint density at radius 2 is 1.81 bits per heavy atom. The molecule has 0 unspecified atom stereocenters. The zero-order valence-electron chi connectivity index (χ0n) is 17.8. The molecule has 1 aromatic rings. The second kappa shape index (κ2) is 10.4. The SMILES string of the molecule is BN1CCN(Cc2ccc(OC)c(CC(C)(C)CCCCCC)c2)CC1.